The lowest BCUT2D eigenvalue weighted by Gasteiger charge is -1.92. The Labute approximate surface area is 98.5 Å². The number of carboxylic acids is 1. The van der Waals surface area contributed by atoms with Crippen molar-refractivity contribution in [3.05, 3.63) is 35.9 Å². The average molecular weight is 225 g/mol. The van der Waals surface area contributed by atoms with Gasteiger partial charge in [-0.3, -0.25) is 4.79 Å². The minimum atomic E-state index is -0.786. The molecule has 0 saturated heterocycles. The number of hydrogen-bond donors (Lipinski definition) is 2. The van der Waals surface area contributed by atoms with E-state index in [2.05, 4.69) is 19.2 Å². The Kier molecular flexibility index (Phi) is 14.6. The summed E-state index contributed by atoms with van der Waals surface area (Å²) < 4.78 is 0. The van der Waals surface area contributed by atoms with Crippen molar-refractivity contribution in [2.45, 2.75) is 26.7 Å². The first-order chi connectivity index (χ1) is 7.62. The van der Waals surface area contributed by atoms with Gasteiger partial charge in [-0.15, -0.1) is 0 Å². The van der Waals surface area contributed by atoms with E-state index in [1.165, 1.54) is 6.42 Å². The second kappa shape index (κ2) is 13.7. The fraction of sp³-hybridized carbons (Fsp3) is 0.462. The van der Waals surface area contributed by atoms with Gasteiger partial charge in [0, 0.05) is 0 Å². The molecule has 0 saturated carbocycles. The standard InChI is InChI=1S/C8H8O2.C3H8.C2H7N/c9-8(10)6-7-4-2-1-3-5-7;2*1-3-2/h1-5H,6H2,(H,9,10);3H2,1-2H3;3H,1-2H3. The first kappa shape index (κ1) is 17.1. The maximum absolute atomic E-state index is 10.2. The summed E-state index contributed by atoms with van der Waals surface area (Å²) in [6, 6.07) is 9.13. The Hall–Kier alpha value is -1.35. The first-order valence-corrected chi connectivity index (χ1v) is 5.46. The molecule has 16 heavy (non-hydrogen) atoms. The molecular formula is C13H23NO2. The van der Waals surface area contributed by atoms with Crippen molar-refractivity contribution in [2.24, 2.45) is 0 Å². The minimum Gasteiger partial charge on any atom is -0.481 e. The number of nitrogens with one attached hydrogen (secondary N) is 1. The third-order valence-electron chi connectivity index (χ3n) is 1.20. The van der Waals surface area contributed by atoms with Gasteiger partial charge in [0.15, 0.2) is 0 Å². The number of benzene rings is 1. The van der Waals surface area contributed by atoms with E-state index in [-0.39, 0.29) is 6.42 Å². The maximum Gasteiger partial charge on any atom is 0.307 e. The molecule has 0 aliphatic carbocycles. The molecule has 0 radical (unpaired) electrons. The molecule has 92 valence electrons. The molecule has 0 aromatic heterocycles. The van der Waals surface area contributed by atoms with Crippen molar-refractivity contribution in [2.75, 3.05) is 14.1 Å². The summed E-state index contributed by atoms with van der Waals surface area (Å²) in [7, 11) is 3.75. The molecule has 1 aromatic rings. The maximum atomic E-state index is 10.2. The molecule has 0 unspecified atom stereocenters. The van der Waals surface area contributed by atoms with Gasteiger partial charge in [0.2, 0.25) is 0 Å². The van der Waals surface area contributed by atoms with Crippen LogP contribution in [0.4, 0.5) is 0 Å². The monoisotopic (exact) mass is 225 g/mol. The molecule has 0 amide bonds. The van der Waals surface area contributed by atoms with Crippen LogP contribution in [0.2, 0.25) is 0 Å². The van der Waals surface area contributed by atoms with Gasteiger partial charge in [0.1, 0.15) is 0 Å². The Balaban J connectivity index is 0. The molecule has 0 bridgehead atoms. The third kappa shape index (κ3) is 15.1. The summed E-state index contributed by atoms with van der Waals surface area (Å²) >= 11 is 0. The van der Waals surface area contributed by atoms with E-state index in [1.807, 2.05) is 32.3 Å². The second-order valence-corrected chi connectivity index (χ2v) is 3.26. The molecule has 3 heteroatoms. The first-order valence-electron chi connectivity index (χ1n) is 5.46. The van der Waals surface area contributed by atoms with Crippen LogP contribution in [-0.4, -0.2) is 25.2 Å². The molecule has 2 N–H and O–H groups in total. The fourth-order valence-corrected chi connectivity index (χ4v) is 0.770. The van der Waals surface area contributed by atoms with Gasteiger partial charge in [-0.25, -0.2) is 0 Å². The minimum absolute atomic E-state index is 0.112. The largest absolute Gasteiger partial charge is 0.481 e. The number of aliphatic carboxylic acids is 1. The van der Waals surface area contributed by atoms with Gasteiger partial charge in [0.05, 0.1) is 6.42 Å². The van der Waals surface area contributed by atoms with Gasteiger partial charge in [-0.2, -0.15) is 0 Å². The third-order valence-corrected chi connectivity index (χ3v) is 1.20. The SMILES string of the molecule is CCC.CNC.O=C(O)Cc1ccccc1. The molecule has 0 aliphatic rings. The molecule has 0 atom stereocenters. The van der Waals surface area contributed by atoms with Crippen molar-refractivity contribution < 1.29 is 9.90 Å². The lowest BCUT2D eigenvalue weighted by atomic mass is 10.2. The molecule has 1 aromatic carbocycles. The Morgan fingerprint density at radius 1 is 1.19 bits per heavy atom. The zero-order chi connectivity index (χ0) is 12.8. The van der Waals surface area contributed by atoms with E-state index in [1.54, 1.807) is 12.1 Å². The summed E-state index contributed by atoms with van der Waals surface area (Å²) in [5.74, 6) is -0.786. The highest BCUT2D eigenvalue weighted by molar-refractivity contribution is 5.70. The van der Waals surface area contributed by atoms with Crippen molar-refractivity contribution in [1.82, 2.24) is 5.32 Å². The van der Waals surface area contributed by atoms with Crippen LogP contribution >= 0.6 is 0 Å². The van der Waals surface area contributed by atoms with Crippen LogP contribution in [0.1, 0.15) is 25.8 Å². The predicted octanol–water partition coefficient (Wildman–Crippen LogP) is 2.57. The smallest absolute Gasteiger partial charge is 0.307 e. The van der Waals surface area contributed by atoms with Crippen molar-refractivity contribution in [1.29, 1.82) is 0 Å². The van der Waals surface area contributed by atoms with Crippen LogP contribution in [0.5, 0.6) is 0 Å². The zero-order valence-corrected chi connectivity index (χ0v) is 10.7. The fourth-order valence-electron chi connectivity index (χ4n) is 0.770. The molecule has 0 aliphatic heterocycles. The van der Waals surface area contributed by atoms with Crippen molar-refractivity contribution in [3.8, 4) is 0 Å². The summed E-state index contributed by atoms with van der Waals surface area (Å²) in [5, 5.41) is 11.1. The Morgan fingerprint density at radius 2 is 1.56 bits per heavy atom. The second-order valence-electron chi connectivity index (χ2n) is 3.26. The highest BCUT2D eigenvalue weighted by Crippen LogP contribution is 1.98. The lowest BCUT2D eigenvalue weighted by Crippen LogP contribution is -1.98. The van der Waals surface area contributed by atoms with Crippen LogP contribution < -0.4 is 5.32 Å². The van der Waals surface area contributed by atoms with Crippen LogP contribution in [0, 0.1) is 0 Å². The van der Waals surface area contributed by atoms with Gasteiger partial charge < -0.3 is 10.4 Å². The Morgan fingerprint density at radius 3 is 1.88 bits per heavy atom. The zero-order valence-electron chi connectivity index (χ0n) is 10.7. The number of carboxylic acid groups (broad SMARTS) is 1. The summed E-state index contributed by atoms with van der Waals surface area (Å²) in [6.07, 6.45) is 1.36. The molecule has 0 heterocycles. The van der Waals surface area contributed by atoms with Crippen LogP contribution in [-0.2, 0) is 11.2 Å². The van der Waals surface area contributed by atoms with E-state index in [4.69, 9.17) is 5.11 Å². The van der Waals surface area contributed by atoms with Gasteiger partial charge >= 0.3 is 5.97 Å². The highest BCUT2D eigenvalue weighted by Gasteiger charge is 1.96. The number of rotatable bonds is 2. The molecular weight excluding hydrogens is 202 g/mol. The van der Waals surface area contributed by atoms with Gasteiger partial charge in [-0.1, -0.05) is 50.6 Å². The molecule has 3 nitrogen and oxygen atoms in total. The number of hydrogen-bond acceptors (Lipinski definition) is 2. The van der Waals surface area contributed by atoms with Gasteiger partial charge in [0.25, 0.3) is 0 Å². The highest BCUT2D eigenvalue weighted by atomic mass is 16.4. The van der Waals surface area contributed by atoms with E-state index < -0.39 is 5.97 Å². The summed E-state index contributed by atoms with van der Waals surface area (Å²) in [5.41, 5.74) is 0.843. The summed E-state index contributed by atoms with van der Waals surface area (Å²) in [6.45, 7) is 4.25. The lowest BCUT2D eigenvalue weighted by molar-refractivity contribution is -0.136. The van der Waals surface area contributed by atoms with E-state index in [9.17, 15) is 4.79 Å². The number of carbonyl (C=O) groups is 1. The van der Waals surface area contributed by atoms with E-state index in [0.717, 1.165) is 5.56 Å². The van der Waals surface area contributed by atoms with Crippen LogP contribution in [0.3, 0.4) is 0 Å². The van der Waals surface area contributed by atoms with Crippen LogP contribution in [0.25, 0.3) is 0 Å². The molecule has 1 rings (SSSR count). The van der Waals surface area contributed by atoms with E-state index in [0.29, 0.717) is 0 Å². The van der Waals surface area contributed by atoms with E-state index >= 15 is 0 Å². The van der Waals surface area contributed by atoms with Crippen molar-refractivity contribution in [3.63, 3.8) is 0 Å². The quantitative estimate of drug-likeness (QED) is 0.813. The molecule has 0 fully saturated rings. The molecule has 0 spiro atoms. The Bertz CT molecular complexity index is 245. The van der Waals surface area contributed by atoms with Crippen molar-refractivity contribution >= 4 is 5.97 Å². The summed E-state index contributed by atoms with van der Waals surface area (Å²) in [4.78, 5) is 10.2. The average Bonchev–Trinajstić information content (AvgIpc) is 2.20. The van der Waals surface area contributed by atoms with Crippen LogP contribution in [0.15, 0.2) is 30.3 Å². The predicted molar refractivity (Wildman–Crippen MR) is 68.7 cm³/mol. The van der Waals surface area contributed by atoms with Gasteiger partial charge in [-0.05, 0) is 19.7 Å². The normalized spacial score (nSPS) is 8.00. The topological polar surface area (TPSA) is 49.3 Å².